The van der Waals surface area contributed by atoms with Crippen LogP contribution in [-0.4, -0.2) is 30.5 Å². The number of ether oxygens (including phenoxy) is 1. The maximum absolute atomic E-state index is 12.8. The van der Waals surface area contributed by atoms with Crippen molar-refractivity contribution in [2.24, 2.45) is 0 Å². The summed E-state index contributed by atoms with van der Waals surface area (Å²) in [5.74, 6) is -1.06. The predicted molar refractivity (Wildman–Crippen MR) is 77.8 cm³/mol. The maximum Gasteiger partial charge on any atom is 0.258 e. The third-order valence-electron chi connectivity index (χ3n) is 2.21. The van der Waals surface area contributed by atoms with Crippen LogP contribution in [-0.2, 0) is 9.59 Å². The minimum atomic E-state index is -0.490. The van der Waals surface area contributed by atoms with Gasteiger partial charge in [-0.25, -0.2) is 4.39 Å². The number of amides is 2. The van der Waals surface area contributed by atoms with E-state index in [0.29, 0.717) is 0 Å². The molecular formula is C14H18ClFN2O3. The van der Waals surface area contributed by atoms with Gasteiger partial charge in [0.05, 0.1) is 11.6 Å². The number of hydrogen-bond donors (Lipinski definition) is 2. The van der Waals surface area contributed by atoms with E-state index in [1.807, 2.05) is 20.8 Å². The minimum absolute atomic E-state index is 0.0771. The normalized spacial score (nSPS) is 10.9. The summed E-state index contributed by atoms with van der Waals surface area (Å²) in [4.78, 5) is 23.0. The molecule has 5 nitrogen and oxygen atoms in total. The Hall–Kier alpha value is -1.82. The van der Waals surface area contributed by atoms with Crippen molar-refractivity contribution in [2.45, 2.75) is 26.3 Å². The first-order valence-corrected chi connectivity index (χ1v) is 6.71. The van der Waals surface area contributed by atoms with E-state index >= 15 is 0 Å². The van der Waals surface area contributed by atoms with Gasteiger partial charge in [0.25, 0.3) is 5.91 Å². The van der Waals surface area contributed by atoms with Gasteiger partial charge in [0, 0.05) is 5.54 Å². The number of carbonyl (C=O) groups is 2. The number of benzene rings is 1. The molecule has 0 fully saturated rings. The fourth-order valence-electron chi connectivity index (χ4n) is 1.43. The number of carbonyl (C=O) groups excluding carboxylic acids is 2. The zero-order valence-corrected chi connectivity index (χ0v) is 12.9. The molecule has 0 atom stereocenters. The number of halogens is 2. The van der Waals surface area contributed by atoms with Crippen molar-refractivity contribution in [1.29, 1.82) is 0 Å². The summed E-state index contributed by atoms with van der Waals surface area (Å²) in [5, 5.41) is 5.20. The predicted octanol–water partition coefficient (Wildman–Crippen LogP) is 1.89. The molecule has 0 saturated heterocycles. The van der Waals surface area contributed by atoms with Crippen LogP contribution in [0.2, 0.25) is 5.02 Å². The summed E-state index contributed by atoms with van der Waals surface area (Å²) in [6.07, 6.45) is 0. The van der Waals surface area contributed by atoms with Gasteiger partial charge in [0.2, 0.25) is 5.91 Å². The number of rotatable bonds is 5. The van der Waals surface area contributed by atoms with Crippen LogP contribution in [0.3, 0.4) is 0 Å². The highest BCUT2D eigenvalue weighted by Crippen LogP contribution is 2.24. The third-order valence-corrected chi connectivity index (χ3v) is 2.51. The minimum Gasteiger partial charge on any atom is -0.482 e. The second-order valence-electron chi connectivity index (χ2n) is 5.44. The quantitative estimate of drug-likeness (QED) is 0.871. The van der Waals surface area contributed by atoms with Crippen molar-refractivity contribution in [3.05, 3.63) is 29.0 Å². The fraction of sp³-hybridized carbons (Fsp3) is 0.429. The molecule has 2 N–H and O–H groups in total. The molecule has 0 saturated carbocycles. The Morgan fingerprint density at radius 1 is 1.29 bits per heavy atom. The van der Waals surface area contributed by atoms with Crippen LogP contribution in [0.15, 0.2) is 18.2 Å². The average molecular weight is 317 g/mol. The molecular weight excluding hydrogens is 299 g/mol. The molecule has 0 spiro atoms. The lowest BCUT2D eigenvalue weighted by molar-refractivity contribution is -0.127. The van der Waals surface area contributed by atoms with Crippen molar-refractivity contribution in [1.82, 2.24) is 10.6 Å². The van der Waals surface area contributed by atoms with Gasteiger partial charge in [-0.2, -0.15) is 0 Å². The van der Waals surface area contributed by atoms with E-state index in [9.17, 15) is 14.0 Å². The first-order valence-electron chi connectivity index (χ1n) is 6.33. The smallest absolute Gasteiger partial charge is 0.258 e. The lowest BCUT2D eigenvalue weighted by Crippen LogP contribution is -2.46. The summed E-state index contributed by atoms with van der Waals surface area (Å²) in [7, 11) is 0. The second kappa shape index (κ2) is 7.26. The largest absolute Gasteiger partial charge is 0.482 e. The van der Waals surface area contributed by atoms with Gasteiger partial charge in [-0.1, -0.05) is 11.6 Å². The SMILES string of the molecule is CC(C)(C)NC(=O)CNC(=O)COc1ccc(F)cc1Cl. The van der Waals surface area contributed by atoms with Crippen molar-refractivity contribution in [2.75, 3.05) is 13.2 Å². The molecule has 0 bridgehead atoms. The van der Waals surface area contributed by atoms with Crippen LogP contribution >= 0.6 is 11.6 Å². The van der Waals surface area contributed by atoms with Crippen LogP contribution in [0.4, 0.5) is 4.39 Å². The lowest BCUT2D eigenvalue weighted by Gasteiger charge is -2.20. The Bertz CT molecular complexity index is 529. The maximum atomic E-state index is 12.8. The van der Waals surface area contributed by atoms with E-state index in [0.717, 1.165) is 6.07 Å². The highest BCUT2D eigenvalue weighted by Gasteiger charge is 2.14. The Kier molecular flexibility index (Phi) is 5.96. The summed E-state index contributed by atoms with van der Waals surface area (Å²) < 4.78 is 18.0. The Morgan fingerprint density at radius 2 is 1.95 bits per heavy atom. The van der Waals surface area contributed by atoms with Crippen LogP contribution in [0.25, 0.3) is 0 Å². The molecule has 0 aliphatic rings. The zero-order chi connectivity index (χ0) is 16.0. The molecule has 7 heteroatoms. The van der Waals surface area contributed by atoms with Crippen molar-refractivity contribution in [3.8, 4) is 5.75 Å². The fourth-order valence-corrected chi connectivity index (χ4v) is 1.65. The van der Waals surface area contributed by atoms with Gasteiger partial charge in [-0.3, -0.25) is 9.59 Å². The summed E-state index contributed by atoms with van der Waals surface area (Å²) in [5.41, 5.74) is -0.361. The van der Waals surface area contributed by atoms with E-state index < -0.39 is 11.7 Å². The van der Waals surface area contributed by atoms with Gasteiger partial charge in [0.15, 0.2) is 6.61 Å². The zero-order valence-electron chi connectivity index (χ0n) is 12.1. The Labute approximate surface area is 127 Å². The molecule has 1 aromatic carbocycles. The number of hydrogen-bond acceptors (Lipinski definition) is 3. The van der Waals surface area contributed by atoms with Crippen molar-refractivity contribution < 1.29 is 18.7 Å². The van der Waals surface area contributed by atoms with Gasteiger partial charge in [-0.05, 0) is 39.0 Å². The monoisotopic (exact) mass is 316 g/mol. The first kappa shape index (κ1) is 17.2. The van der Waals surface area contributed by atoms with Gasteiger partial charge < -0.3 is 15.4 Å². The molecule has 0 radical (unpaired) electrons. The van der Waals surface area contributed by atoms with Gasteiger partial charge in [-0.15, -0.1) is 0 Å². The standard InChI is InChI=1S/C14H18ClFN2O3/c1-14(2,3)18-12(19)7-17-13(20)8-21-11-5-4-9(16)6-10(11)15/h4-6H,7-8H2,1-3H3,(H,17,20)(H,18,19). The molecule has 21 heavy (non-hydrogen) atoms. The topological polar surface area (TPSA) is 67.4 Å². The Morgan fingerprint density at radius 3 is 2.52 bits per heavy atom. The molecule has 0 heterocycles. The highest BCUT2D eigenvalue weighted by atomic mass is 35.5. The van der Waals surface area contributed by atoms with E-state index in [-0.39, 0.29) is 35.4 Å². The highest BCUT2D eigenvalue weighted by molar-refractivity contribution is 6.32. The van der Waals surface area contributed by atoms with Crippen LogP contribution in [0.5, 0.6) is 5.75 Å². The molecule has 0 aliphatic heterocycles. The first-order chi connectivity index (χ1) is 9.67. The molecule has 0 aromatic heterocycles. The van der Waals surface area contributed by atoms with E-state index in [1.54, 1.807) is 0 Å². The Balaban J connectivity index is 2.36. The van der Waals surface area contributed by atoms with Crippen molar-refractivity contribution in [3.63, 3.8) is 0 Å². The summed E-state index contributed by atoms with van der Waals surface area (Å²) in [6, 6.07) is 3.60. The van der Waals surface area contributed by atoms with Gasteiger partial charge in [0.1, 0.15) is 11.6 Å². The summed E-state index contributed by atoms with van der Waals surface area (Å²) in [6.45, 7) is 5.07. The molecule has 116 valence electrons. The van der Waals surface area contributed by atoms with Crippen LogP contribution in [0.1, 0.15) is 20.8 Å². The van der Waals surface area contributed by atoms with E-state index in [1.165, 1.54) is 12.1 Å². The summed E-state index contributed by atoms with van der Waals surface area (Å²) >= 11 is 5.75. The molecule has 1 aromatic rings. The molecule has 2 amide bonds. The molecule has 1 rings (SSSR count). The van der Waals surface area contributed by atoms with Gasteiger partial charge >= 0.3 is 0 Å². The number of nitrogens with one attached hydrogen (secondary N) is 2. The van der Waals surface area contributed by atoms with Crippen LogP contribution in [0, 0.1) is 5.82 Å². The van der Waals surface area contributed by atoms with E-state index in [4.69, 9.17) is 16.3 Å². The molecule has 0 aliphatic carbocycles. The third kappa shape index (κ3) is 6.94. The lowest BCUT2D eigenvalue weighted by atomic mass is 10.1. The second-order valence-corrected chi connectivity index (χ2v) is 5.85. The average Bonchev–Trinajstić information content (AvgIpc) is 2.33. The van der Waals surface area contributed by atoms with Crippen molar-refractivity contribution >= 4 is 23.4 Å². The van der Waals surface area contributed by atoms with Crippen LogP contribution < -0.4 is 15.4 Å². The molecule has 0 unspecified atom stereocenters. The van der Waals surface area contributed by atoms with E-state index in [2.05, 4.69) is 10.6 Å².